The summed E-state index contributed by atoms with van der Waals surface area (Å²) in [5.74, 6) is -1.05. The van der Waals surface area contributed by atoms with Gasteiger partial charge in [-0.1, -0.05) is 107 Å². The average molecular weight is 722 g/mol. The summed E-state index contributed by atoms with van der Waals surface area (Å²) >= 11 is 25.5. The second-order valence-corrected chi connectivity index (χ2v) is 14.2. The van der Waals surface area contributed by atoms with E-state index in [1.807, 2.05) is 44.2 Å². The zero-order valence-electron chi connectivity index (χ0n) is 25.2. The van der Waals surface area contributed by atoms with E-state index in [4.69, 9.17) is 46.4 Å². The molecule has 0 bridgehead atoms. The van der Waals surface area contributed by atoms with Crippen molar-refractivity contribution in [3.8, 4) is 0 Å². The molecular formula is C34H33Cl4N3O4S. The lowest BCUT2D eigenvalue weighted by Gasteiger charge is -2.34. The average Bonchev–Trinajstić information content (AvgIpc) is 3.03. The molecular weight excluding hydrogens is 688 g/mol. The number of amides is 2. The fourth-order valence-corrected chi connectivity index (χ4v) is 7.11. The maximum atomic E-state index is 14.5. The van der Waals surface area contributed by atoms with Crippen LogP contribution in [0.4, 0.5) is 5.69 Å². The molecule has 0 saturated heterocycles. The van der Waals surface area contributed by atoms with Crippen LogP contribution in [0.5, 0.6) is 0 Å². The number of aryl methyl sites for hydroxylation is 1. The Morgan fingerprint density at radius 3 is 2.13 bits per heavy atom. The Labute approximate surface area is 290 Å². The highest BCUT2D eigenvalue weighted by Crippen LogP contribution is 2.34. The van der Waals surface area contributed by atoms with Crippen LogP contribution in [0.1, 0.15) is 30.0 Å². The van der Waals surface area contributed by atoms with E-state index in [2.05, 4.69) is 5.32 Å². The van der Waals surface area contributed by atoms with Crippen LogP contribution in [-0.2, 0) is 32.6 Å². The van der Waals surface area contributed by atoms with Gasteiger partial charge in [0, 0.05) is 34.6 Å². The van der Waals surface area contributed by atoms with Crippen molar-refractivity contribution in [2.45, 2.75) is 44.2 Å². The summed E-state index contributed by atoms with van der Waals surface area (Å²) in [4.78, 5) is 29.6. The minimum Gasteiger partial charge on any atom is -0.354 e. The van der Waals surface area contributed by atoms with Crippen LogP contribution >= 0.6 is 46.4 Å². The van der Waals surface area contributed by atoms with Gasteiger partial charge in [0.05, 0.1) is 15.6 Å². The molecule has 0 aliphatic rings. The molecule has 4 rings (SSSR count). The molecule has 0 spiro atoms. The van der Waals surface area contributed by atoms with E-state index in [0.29, 0.717) is 28.6 Å². The summed E-state index contributed by atoms with van der Waals surface area (Å²) in [6.07, 6.45) is 0.840. The van der Waals surface area contributed by atoms with Gasteiger partial charge in [0.15, 0.2) is 0 Å². The monoisotopic (exact) mass is 719 g/mol. The first-order valence-electron chi connectivity index (χ1n) is 14.5. The van der Waals surface area contributed by atoms with Crippen molar-refractivity contribution >= 4 is 73.9 Å². The molecule has 1 atom stereocenters. The third-order valence-corrected chi connectivity index (χ3v) is 10.2. The molecule has 0 radical (unpaired) electrons. The highest BCUT2D eigenvalue weighted by molar-refractivity contribution is 7.92. The van der Waals surface area contributed by atoms with E-state index in [0.717, 1.165) is 15.4 Å². The van der Waals surface area contributed by atoms with Crippen molar-refractivity contribution in [2.75, 3.05) is 17.4 Å². The van der Waals surface area contributed by atoms with E-state index in [-0.39, 0.29) is 33.6 Å². The van der Waals surface area contributed by atoms with Crippen molar-refractivity contribution < 1.29 is 18.0 Å². The summed E-state index contributed by atoms with van der Waals surface area (Å²) in [6.45, 7) is 3.36. The lowest BCUT2D eigenvalue weighted by molar-refractivity contribution is -0.140. The Morgan fingerprint density at radius 2 is 1.48 bits per heavy atom. The first kappa shape index (κ1) is 35.6. The normalized spacial score (nSPS) is 12.0. The fraction of sp³-hybridized carbons (Fsp3) is 0.235. The van der Waals surface area contributed by atoms with Gasteiger partial charge in [0.2, 0.25) is 11.8 Å². The lowest BCUT2D eigenvalue weighted by Crippen LogP contribution is -2.53. The Morgan fingerprint density at radius 1 is 0.826 bits per heavy atom. The second-order valence-electron chi connectivity index (χ2n) is 10.7. The fourth-order valence-electron chi connectivity index (χ4n) is 4.78. The maximum Gasteiger partial charge on any atom is 0.264 e. The highest BCUT2D eigenvalue weighted by atomic mass is 35.5. The molecule has 0 aliphatic heterocycles. The molecule has 4 aromatic rings. The van der Waals surface area contributed by atoms with Crippen molar-refractivity contribution in [1.29, 1.82) is 0 Å². The highest BCUT2D eigenvalue weighted by Gasteiger charge is 2.35. The number of hydrogen-bond donors (Lipinski definition) is 1. The van der Waals surface area contributed by atoms with Gasteiger partial charge in [0.25, 0.3) is 10.0 Å². The Bertz CT molecular complexity index is 1790. The molecule has 12 heteroatoms. The first-order chi connectivity index (χ1) is 21.9. The summed E-state index contributed by atoms with van der Waals surface area (Å²) in [7, 11) is -4.35. The molecule has 1 N–H and O–H groups in total. The van der Waals surface area contributed by atoms with Gasteiger partial charge in [-0.2, -0.15) is 0 Å². The summed E-state index contributed by atoms with van der Waals surface area (Å²) < 4.78 is 29.3. The first-order valence-corrected chi connectivity index (χ1v) is 17.5. The number of hydrogen-bond acceptors (Lipinski definition) is 4. The SMILES string of the molecule is CCCNC(=O)[C@@H](Cc1ccccc1)N(Cc1ccc(Cl)cc1Cl)C(=O)CN(c1cc(Cl)ccc1Cl)S(=O)(=O)c1ccc(C)cc1. The Balaban J connectivity index is 1.85. The van der Waals surface area contributed by atoms with Gasteiger partial charge >= 0.3 is 0 Å². The topological polar surface area (TPSA) is 86.8 Å². The maximum absolute atomic E-state index is 14.5. The molecule has 4 aromatic carbocycles. The van der Waals surface area contributed by atoms with E-state index in [1.54, 1.807) is 30.3 Å². The molecule has 242 valence electrons. The van der Waals surface area contributed by atoms with Gasteiger partial charge in [0.1, 0.15) is 12.6 Å². The molecule has 0 saturated carbocycles. The van der Waals surface area contributed by atoms with Gasteiger partial charge in [-0.3, -0.25) is 13.9 Å². The molecule has 0 heterocycles. The number of sulfonamides is 1. The van der Waals surface area contributed by atoms with Gasteiger partial charge in [-0.25, -0.2) is 8.42 Å². The predicted molar refractivity (Wildman–Crippen MR) is 186 cm³/mol. The predicted octanol–water partition coefficient (Wildman–Crippen LogP) is 7.97. The molecule has 0 unspecified atom stereocenters. The van der Waals surface area contributed by atoms with E-state index < -0.39 is 34.4 Å². The number of carbonyl (C=O) groups is 2. The van der Waals surface area contributed by atoms with E-state index in [1.165, 1.54) is 35.2 Å². The number of rotatable bonds is 13. The zero-order valence-corrected chi connectivity index (χ0v) is 29.1. The minimum absolute atomic E-state index is 0.0163. The quantitative estimate of drug-likeness (QED) is 0.152. The van der Waals surface area contributed by atoms with Gasteiger partial charge in [-0.15, -0.1) is 0 Å². The third kappa shape index (κ3) is 8.96. The number of nitrogens with zero attached hydrogens (tertiary/aromatic N) is 2. The summed E-state index contributed by atoms with van der Waals surface area (Å²) in [5, 5.41) is 3.89. The van der Waals surface area contributed by atoms with Crippen LogP contribution < -0.4 is 9.62 Å². The molecule has 0 aliphatic carbocycles. The number of nitrogens with one attached hydrogen (secondary N) is 1. The molecule has 0 fully saturated rings. The zero-order chi connectivity index (χ0) is 33.4. The third-order valence-electron chi connectivity index (χ3n) is 7.24. The van der Waals surface area contributed by atoms with Crippen molar-refractivity contribution in [2.24, 2.45) is 0 Å². The van der Waals surface area contributed by atoms with E-state index >= 15 is 0 Å². The Kier molecular flexibility index (Phi) is 12.4. The van der Waals surface area contributed by atoms with Crippen LogP contribution in [-0.4, -0.2) is 44.3 Å². The lowest BCUT2D eigenvalue weighted by atomic mass is 10.0. The van der Waals surface area contributed by atoms with Crippen molar-refractivity contribution in [3.63, 3.8) is 0 Å². The molecule has 46 heavy (non-hydrogen) atoms. The summed E-state index contributed by atoms with van der Waals surface area (Å²) in [6, 6.07) is 23.7. The van der Waals surface area contributed by atoms with Crippen molar-refractivity contribution in [1.82, 2.24) is 10.2 Å². The van der Waals surface area contributed by atoms with Crippen LogP contribution in [0.25, 0.3) is 0 Å². The van der Waals surface area contributed by atoms with Crippen molar-refractivity contribution in [3.05, 3.63) is 128 Å². The van der Waals surface area contributed by atoms with Crippen LogP contribution in [0.3, 0.4) is 0 Å². The van der Waals surface area contributed by atoms with Gasteiger partial charge < -0.3 is 10.2 Å². The number of carbonyl (C=O) groups excluding carboxylic acids is 2. The molecule has 7 nitrogen and oxygen atoms in total. The van der Waals surface area contributed by atoms with Gasteiger partial charge in [-0.05, 0) is 66.9 Å². The standard InChI is InChI=1S/C34H33Cl4N3O4S/c1-3-17-39-34(43)32(18-24-7-5-4-6-8-24)40(21-25-11-12-26(35)19-30(25)38)33(42)22-41(31-20-27(36)13-16-29(31)37)46(44,45)28-14-9-23(2)10-15-28/h4-16,19-20,32H,3,17-18,21-22H2,1-2H3,(H,39,43)/t32-/m1/s1. The smallest absolute Gasteiger partial charge is 0.264 e. The number of anilines is 1. The largest absolute Gasteiger partial charge is 0.354 e. The number of benzene rings is 4. The Hall–Kier alpha value is -3.27. The van der Waals surface area contributed by atoms with Crippen LogP contribution in [0.15, 0.2) is 95.9 Å². The van der Waals surface area contributed by atoms with E-state index in [9.17, 15) is 18.0 Å². The number of halogens is 4. The van der Waals surface area contributed by atoms with Crippen LogP contribution in [0, 0.1) is 6.92 Å². The minimum atomic E-state index is -4.35. The summed E-state index contributed by atoms with van der Waals surface area (Å²) in [5.41, 5.74) is 2.20. The molecule has 0 aromatic heterocycles. The molecule has 2 amide bonds. The van der Waals surface area contributed by atoms with Crippen LogP contribution in [0.2, 0.25) is 20.1 Å². The second kappa shape index (κ2) is 16.0.